The van der Waals surface area contributed by atoms with Gasteiger partial charge in [-0.15, -0.1) is 0 Å². The van der Waals surface area contributed by atoms with Gasteiger partial charge in [-0.05, 0) is 44.4 Å². The molecule has 3 heterocycles. The zero-order valence-electron chi connectivity index (χ0n) is 15.4. The van der Waals surface area contributed by atoms with Crippen LogP contribution in [0.2, 0.25) is 0 Å². The summed E-state index contributed by atoms with van der Waals surface area (Å²) >= 11 is 0. The Balaban J connectivity index is 2.04. The van der Waals surface area contributed by atoms with Gasteiger partial charge >= 0.3 is 0 Å². The topological polar surface area (TPSA) is 77.2 Å². The summed E-state index contributed by atoms with van der Waals surface area (Å²) in [5.74, 6) is 2.26. The molecule has 1 aromatic carbocycles. The highest BCUT2D eigenvalue weighted by molar-refractivity contribution is 5.99. The molecule has 6 nitrogen and oxygen atoms in total. The van der Waals surface area contributed by atoms with Crippen LogP contribution in [0.25, 0.3) is 22.2 Å². The molecule has 134 valence electrons. The third-order valence-electron chi connectivity index (χ3n) is 5.15. The molecule has 0 radical (unpaired) electrons. The molecule has 2 N–H and O–H groups in total. The molecule has 4 rings (SSSR count). The van der Waals surface area contributed by atoms with Crippen molar-refractivity contribution in [3.8, 4) is 17.0 Å². The Labute approximate surface area is 153 Å². The van der Waals surface area contributed by atoms with E-state index in [1.165, 1.54) is 19.2 Å². The maximum Gasteiger partial charge on any atom is 0.134 e. The molecule has 0 unspecified atom stereocenters. The molecule has 0 spiro atoms. The van der Waals surface area contributed by atoms with Crippen molar-refractivity contribution in [3.05, 3.63) is 35.7 Å². The molecule has 1 fully saturated rings. The standard InChI is InChI=1S/C20H23N5O/c1-12-6-7-15(26-3)13(2)17(12)19-18-14(20(21)23-11-22-18)10-16(24-19)25-8-4-5-9-25/h6-7,10-11H,4-5,8-9H2,1-3H3,(H2,21,22,23). The number of benzene rings is 1. The Bertz CT molecular complexity index is 980. The van der Waals surface area contributed by atoms with Crippen LogP contribution < -0.4 is 15.4 Å². The number of nitrogens with two attached hydrogens (primary N) is 1. The maximum absolute atomic E-state index is 6.18. The first-order valence-corrected chi connectivity index (χ1v) is 8.91. The van der Waals surface area contributed by atoms with Crippen molar-refractivity contribution in [1.29, 1.82) is 0 Å². The van der Waals surface area contributed by atoms with E-state index in [4.69, 9.17) is 15.5 Å². The fraction of sp³-hybridized carbons (Fsp3) is 0.350. The van der Waals surface area contributed by atoms with E-state index < -0.39 is 0 Å². The highest BCUT2D eigenvalue weighted by Gasteiger charge is 2.21. The van der Waals surface area contributed by atoms with Crippen molar-refractivity contribution in [3.63, 3.8) is 0 Å². The number of nitrogens with zero attached hydrogens (tertiary/aromatic N) is 4. The van der Waals surface area contributed by atoms with Crippen LogP contribution in [0, 0.1) is 13.8 Å². The number of rotatable bonds is 3. The van der Waals surface area contributed by atoms with Crippen molar-refractivity contribution >= 4 is 22.5 Å². The SMILES string of the molecule is COc1ccc(C)c(-c2nc(N3CCCC3)cc3c(N)ncnc23)c1C. The molecule has 0 aliphatic carbocycles. The van der Waals surface area contributed by atoms with Gasteiger partial charge in [-0.1, -0.05) is 6.07 Å². The van der Waals surface area contributed by atoms with Gasteiger partial charge in [0.2, 0.25) is 0 Å². The summed E-state index contributed by atoms with van der Waals surface area (Å²) in [5.41, 5.74) is 11.0. The minimum absolute atomic E-state index is 0.484. The van der Waals surface area contributed by atoms with Crippen LogP contribution in [-0.2, 0) is 0 Å². The molecule has 3 aromatic rings. The number of methoxy groups -OCH3 is 1. The first kappa shape index (κ1) is 16.6. The van der Waals surface area contributed by atoms with Crippen LogP contribution in [-0.4, -0.2) is 35.2 Å². The van der Waals surface area contributed by atoms with Crippen LogP contribution in [0.1, 0.15) is 24.0 Å². The third-order valence-corrected chi connectivity index (χ3v) is 5.15. The largest absolute Gasteiger partial charge is 0.496 e. The van der Waals surface area contributed by atoms with E-state index in [-0.39, 0.29) is 0 Å². The molecule has 1 aliphatic heterocycles. The van der Waals surface area contributed by atoms with Crippen molar-refractivity contribution < 1.29 is 4.74 Å². The molecule has 6 heteroatoms. The fourth-order valence-electron chi connectivity index (χ4n) is 3.77. The highest BCUT2D eigenvalue weighted by Crippen LogP contribution is 2.38. The van der Waals surface area contributed by atoms with Gasteiger partial charge in [0, 0.05) is 29.6 Å². The van der Waals surface area contributed by atoms with Crippen LogP contribution in [0.4, 0.5) is 11.6 Å². The first-order valence-electron chi connectivity index (χ1n) is 8.91. The van der Waals surface area contributed by atoms with Crippen molar-refractivity contribution in [2.45, 2.75) is 26.7 Å². The number of nitrogen functional groups attached to an aromatic ring is 1. The summed E-state index contributed by atoms with van der Waals surface area (Å²) in [5, 5.41) is 0.848. The summed E-state index contributed by atoms with van der Waals surface area (Å²) in [6.45, 7) is 6.17. The minimum Gasteiger partial charge on any atom is -0.496 e. The zero-order chi connectivity index (χ0) is 18.3. The van der Waals surface area contributed by atoms with E-state index >= 15 is 0 Å². The Morgan fingerprint density at radius 3 is 2.62 bits per heavy atom. The number of pyridine rings is 1. The Kier molecular flexibility index (Phi) is 4.11. The van der Waals surface area contributed by atoms with E-state index in [1.807, 2.05) is 12.1 Å². The van der Waals surface area contributed by atoms with Crippen LogP contribution in [0.5, 0.6) is 5.75 Å². The van der Waals surface area contributed by atoms with Crippen molar-refractivity contribution in [1.82, 2.24) is 15.0 Å². The molecule has 1 saturated heterocycles. The van der Waals surface area contributed by atoms with E-state index in [9.17, 15) is 0 Å². The van der Waals surface area contributed by atoms with Gasteiger partial charge < -0.3 is 15.4 Å². The first-order chi connectivity index (χ1) is 12.6. The van der Waals surface area contributed by atoms with Crippen molar-refractivity contribution in [2.75, 3.05) is 30.8 Å². The summed E-state index contributed by atoms with van der Waals surface area (Å²) in [6.07, 6.45) is 3.88. The Morgan fingerprint density at radius 1 is 1.12 bits per heavy atom. The summed E-state index contributed by atoms with van der Waals surface area (Å²) in [7, 11) is 1.69. The lowest BCUT2D eigenvalue weighted by Gasteiger charge is -2.20. The van der Waals surface area contributed by atoms with Gasteiger partial charge in [-0.3, -0.25) is 0 Å². The number of anilines is 2. The molecular weight excluding hydrogens is 326 g/mol. The van der Waals surface area contributed by atoms with Crippen LogP contribution in [0.3, 0.4) is 0 Å². The van der Waals surface area contributed by atoms with Gasteiger partial charge in [0.15, 0.2) is 0 Å². The monoisotopic (exact) mass is 349 g/mol. The molecule has 0 bridgehead atoms. The number of fused-ring (bicyclic) bond motifs is 1. The summed E-state index contributed by atoms with van der Waals surface area (Å²) < 4.78 is 5.53. The fourth-order valence-corrected chi connectivity index (χ4v) is 3.77. The molecule has 26 heavy (non-hydrogen) atoms. The highest BCUT2D eigenvalue weighted by atomic mass is 16.5. The summed E-state index contributed by atoms with van der Waals surface area (Å²) in [6, 6.07) is 6.07. The normalized spacial score (nSPS) is 14.2. The molecule has 0 saturated carbocycles. The maximum atomic E-state index is 6.18. The molecule has 1 aliphatic rings. The second-order valence-corrected chi connectivity index (χ2v) is 6.76. The summed E-state index contributed by atoms with van der Waals surface area (Å²) in [4.78, 5) is 16.0. The van der Waals surface area contributed by atoms with Gasteiger partial charge in [0.1, 0.15) is 29.2 Å². The van der Waals surface area contributed by atoms with Crippen molar-refractivity contribution in [2.24, 2.45) is 0 Å². The average molecular weight is 349 g/mol. The molecule has 2 aromatic heterocycles. The van der Waals surface area contributed by atoms with Crippen LogP contribution in [0.15, 0.2) is 24.5 Å². The minimum atomic E-state index is 0.484. The number of ether oxygens (including phenoxy) is 1. The van der Waals surface area contributed by atoms with Gasteiger partial charge in [-0.2, -0.15) is 0 Å². The van der Waals surface area contributed by atoms with E-state index in [0.717, 1.165) is 57.9 Å². The Morgan fingerprint density at radius 2 is 1.88 bits per heavy atom. The average Bonchev–Trinajstić information content (AvgIpc) is 3.17. The Hall–Kier alpha value is -2.89. The zero-order valence-corrected chi connectivity index (χ0v) is 15.4. The second-order valence-electron chi connectivity index (χ2n) is 6.76. The smallest absolute Gasteiger partial charge is 0.134 e. The second kappa shape index (κ2) is 6.44. The van der Waals surface area contributed by atoms with Gasteiger partial charge in [0.05, 0.1) is 12.8 Å². The van der Waals surface area contributed by atoms with Crippen LogP contribution >= 0.6 is 0 Å². The predicted octanol–water partition coefficient (Wildman–Crippen LogP) is 3.50. The predicted molar refractivity (Wildman–Crippen MR) is 105 cm³/mol. The van der Waals surface area contributed by atoms with E-state index in [1.54, 1.807) is 7.11 Å². The number of hydrogen-bond acceptors (Lipinski definition) is 6. The van der Waals surface area contributed by atoms with Gasteiger partial charge in [0.25, 0.3) is 0 Å². The lowest BCUT2D eigenvalue weighted by molar-refractivity contribution is 0.412. The number of aromatic nitrogens is 3. The molecule has 0 atom stereocenters. The third kappa shape index (κ3) is 2.62. The van der Waals surface area contributed by atoms with E-state index in [0.29, 0.717) is 5.82 Å². The molecular formula is C20H23N5O. The quantitative estimate of drug-likeness (QED) is 0.780. The number of aryl methyl sites for hydroxylation is 1. The lowest BCUT2D eigenvalue weighted by atomic mass is 9.97. The lowest BCUT2D eigenvalue weighted by Crippen LogP contribution is -2.19. The van der Waals surface area contributed by atoms with E-state index in [2.05, 4.69) is 34.8 Å². The number of hydrogen-bond donors (Lipinski definition) is 1. The molecule has 0 amide bonds. The van der Waals surface area contributed by atoms with Gasteiger partial charge in [-0.25, -0.2) is 15.0 Å².